The van der Waals surface area contributed by atoms with Crippen LogP contribution in [0.2, 0.25) is 0 Å². The second kappa shape index (κ2) is 4.08. The number of carbonyl (C=O) groups is 1. The molecular formula is C10H18N4O. The van der Waals surface area contributed by atoms with Crippen molar-refractivity contribution in [1.82, 2.24) is 4.90 Å². The molecule has 0 aromatic heterocycles. The summed E-state index contributed by atoms with van der Waals surface area (Å²) in [4.78, 5) is 17.4. The molecule has 1 saturated heterocycles. The molecule has 0 radical (unpaired) electrons. The van der Waals surface area contributed by atoms with Crippen LogP contribution < -0.4 is 11.5 Å². The van der Waals surface area contributed by atoms with E-state index >= 15 is 0 Å². The zero-order valence-electron chi connectivity index (χ0n) is 8.85. The van der Waals surface area contributed by atoms with Crippen LogP contribution >= 0.6 is 0 Å². The summed E-state index contributed by atoms with van der Waals surface area (Å²) in [5, 5.41) is 0. The van der Waals surface area contributed by atoms with Crippen LogP contribution in [0.4, 0.5) is 0 Å². The first kappa shape index (κ1) is 10.3. The highest BCUT2D eigenvalue weighted by molar-refractivity contribution is 5.80. The van der Waals surface area contributed by atoms with Gasteiger partial charge in [-0.15, -0.1) is 0 Å². The number of nitrogens with zero attached hydrogens (tertiary/aromatic N) is 2. The molecule has 0 unspecified atom stereocenters. The summed E-state index contributed by atoms with van der Waals surface area (Å²) >= 11 is 0. The summed E-state index contributed by atoms with van der Waals surface area (Å²) in [5.41, 5.74) is 11.1. The molecule has 0 bridgehead atoms. The van der Waals surface area contributed by atoms with E-state index in [1.54, 1.807) is 0 Å². The van der Waals surface area contributed by atoms with Gasteiger partial charge < -0.3 is 16.4 Å². The van der Waals surface area contributed by atoms with Crippen molar-refractivity contribution in [3.8, 4) is 0 Å². The molecule has 0 aromatic rings. The molecular weight excluding hydrogens is 192 g/mol. The average molecular weight is 210 g/mol. The Bertz CT molecular complexity index is 277. The van der Waals surface area contributed by atoms with Crippen LogP contribution in [0, 0.1) is 5.92 Å². The van der Waals surface area contributed by atoms with Crippen molar-refractivity contribution in [2.75, 3.05) is 13.1 Å². The second-order valence-corrected chi connectivity index (χ2v) is 4.38. The molecule has 2 rings (SSSR count). The number of likely N-dealkylation sites (tertiary alicyclic amines) is 1. The Morgan fingerprint density at radius 2 is 1.73 bits per heavy atom. The third-order valence-corrected chi connectivity index (χ3v) is 3.08. The molecule has 0 spiro atoms. The molecule has 1 aliphatic heterocycles. The molecule has 1 saturated carbocycles. The molecule has 1 amide bonds. The van der Waals surface area contributed by atoms with E-state index in [9.17, 15) is 4.79 Å². The lowest BCUT2D eigenvalue weighted by Gasteiger charge is -2.31. The number of primary amides is 1. The van der Waals surface area contributed by atoms with Crippen LogP contribution in [0.15, 0.2) is 4.99 Å². The number of rotatable bonds is 2. The smallest absolute Gasteiger partial charge is 0.220 e. The van der Waals surface area contributed by atoms with E-state index < -0.39 is 0 Å². The molecule has 2 aliphatic rings. The van der Waals surface area contributed by atoms with E-state index in [1.807, 2.05) is 0 Å². The van der Waals surface area contributed by atoms with Gasteiger partial charge in [-0.1, -0.05) is 0 Å². The minimum Gasteiger partial charge on any atom is -0.370 e. The van der Waals surface area contributed by atoms with Crippen LogP contribution in [-0.4, -0.2) is 35.9 Å². The summed E-state index contributed by atoms with van der Waals surface area (Å²) in [6, 6.07) is 0.457. The standard InChI is InChI=1S/C10H18N4O/c11-9(15)7-3-5-14(6-4-7)10(12)13-8-1-2-8/h7-8H,1-6H2,(H2,11,15)(H2,12,13). The number of guanidine groups is 1. The zero-order valence-corrected chi connectivity index (χ0v) is 8.85. The Balaban J connectivity index is 1.84. The van der Waals surface area contributed by atoms with E-state index in [2.05, 4.69) is 9.89 Å². The van der Waals surface area contributed by atoms with Crippen molar-refractivity contribution in [3.63, 3.8) is 0 Å². The lowest BCUT2D eigenvalue weighted by Crippen LogP contribution is -2.45. The summed E-state index contributed by atoms with van der Waals surface area (Å²) < 4.78 is 0. The minimum absolute atomic E-state index is 0.0231. The topological polar surface area (TPSA) is 84.7 Å². The fourth-order valence-corrected chi connectivity index (χ4v) is 1.87. The van der Waals surface area contributed by atoms with Gasteiger partial charge in [-0.05, 0) is 25.7 Å². The fourth-order valence-electron chi connectivity index (χ4n) is 1.87. The lowest BCUT2D eigenvalue weighted by molar-refractivity contribution is -0.122. The fraction of sp³-hybridized carbons (Fsp3) is 0.800. The van der Waals surface area contributed by atoms with Crippen LogP contribution in [0.25, 0.3) is 0 Å². The van der Waals surface area contributed by atoms with Gasteiger partial charge >= 0.3 is 0 Å². The van der Waals surface area contributed by atoms with Gasteiger partial charge in [0.05, 0.1) is 6.04 Å². The van der Waals surface area contributed by atoms with Crippen molar-refractivity contribution in [1.29, 1.82) is 0 Å². The highest BCUT2D eigenvalue weighted by atomic mass is 16.1. The molecule has 5 nitrogen and oxygen atoms in total. The predicted molar refractivity (Wildman–Crippen MR) is 58.1 cm³/mol. The average Bonchev–Trinajstić information content (AvgIpc) is 3.02. The zero-order chi connectivity index (χ0) is 10.8. The lowest BCUT2D eigenvalue weighted by atomic mass is 9.96. The Morgan fingerprint density at radius 3 is 2.20 bits per heavy atom. The first-order valence-electron chi connectivity index (χ1n) is 5.54. The first-order valence-corrected chi connectivity index (χ1v) is 5.54. The van der Waals surface area contributed by atoms with Crippen molar-refractivity contribution in [3.05, 3.63) is 0 Å². The third kappa shape index (κ3) is 2.61. The van der Waals surface area contributed by atoms with Crippen LogP contribution in [0.1, 0.15) is 25.7 Å². The van der Waals surface area contributed by atoms with Crippen molar-refractivity contribution >= 4 is 11.9 Å². The number of hydrogen-bond acceptors (Lipinski definition) is 2. The monoisotopic (exact) mass is 210 g/mol. The van der Waals surface area contributed by atoms with Gasteiger partial charge in [0.25, 0.3) is 0 Å². The van der Waals surface area contributed by atoms with Crippen molar-refractivity contribution in [2.24, 2.45) is 22.4 Å². The summed E-state index contributed by atoms with van der Waals surface area (Å²) in [7, 11) is 0. The summed E-state index contributed by atoms with van der Waals surface area (Å²) in [6.45, 7) is 1.60. The largest absolute Gasteiger partial charge is 0.370 e. The Hall–Kier alpha value is -1.26. The maximum atomic E-state index is 11.0. The molecule has 0 aromatic carbocycles. The molecule has 84 valence electrons. The minimum atomic E-state index is -0.188. The maximum absolute atomic E-state index is 11.0. The third-order valence-electron chi connectivity index (χ3n) is 3.08. The number of nitrogens with two attached hydrogens (primary N) is 2. The second-order valence-electron chi connectivity index (χ2n) is 4.38. The van der Waals surface area contributed by atoms with Gasteiger partial charge in [0.1, 0.15) is 0 Å². The number of aliphatic imine (C=N–C) groups is 1. The van der Waals surface area contributed by atoms with Gasteiger partial charge in [-0.2, -0.15) is 0 Å². The number of carbonyl (C=O) groups excluding carboxylic acids is 1. The summed E-state index contributed by atoms with van der Waals surface area (Å²) in [6.07, 6.45) is 3.93. The van der Waals surface area contributed by atoms with Gasteiger partial charge in [0.2, 0.25) is 5.91 Å². The highest BCUT2D eigenvalue weighted by Crippen LogP contribution is 2.24. The molecule has 5 heteroatoms. The van der Waals surface area contributed by atoms with Gasteiger partial charge in [-0.25, -0.2) is 4.99 Å². The van der Waals surface area contributed by atoms with Crippen LogP contribution in [0.5, 0.6) is 0 Å². The number of piperidine rings is 1. The van der Waals surface area contributed by atoms with Gasteiger partial charge in [-0.3, -0.25) is 4.79 Å². The molecule has 2 fully saturated rings. The number of amides is 1. The van der Waals surface area contributed by atoms with Gasteiger partial charge in [0, 0.05) is 19.0 Å². The van der Waals surface area contributed by atoms with E-state index in [0.717, 1.165) is 25.9 Å². The molecule has 1 aliphatic carbocycles. The van der Waals surface area contributed by atoms with Crippen molar-refractivity contribution < 1.29 is 4.79 Å². The van der Waals surface area contributed by atoms with E-state index in [4.69, 9.17) is 11.5 Å². The molecule has 4 N–H and O–H groups in total. The Kier molecular flexibility index (Phi) is 2.79. The quantitative estimate of drug-likeness (QED) is 0.483. The molecule has 1 heterocycles. The first-order chi connectivity index (χ1) is 7.16. The van der Waals surface area contributed by atoms with Gasteiger partial charge in [0.15, 0.2) is 5.96 Å². The normalized spacial score (nSPS) is 24.3. The predicted octanol–water partition coefficient (Wildman–Crippen LogP) is -0.339. The molecule has 15 heavy (non-hydrogen) atoms. The van der Waals surface area contributed by atoms with Crippen LogP contribution in [-0.2, 0) is 4.79 Å². The highest BCUT2D eigenvalue weighted by Gasteiger charge is 2.26. The van der Waals surface area contributed by atoms with E-state index in [-0.39, 0.29) is 11.8 Å². The SMILES string of the molecule is NC(=O)C1CCN(C(N)=NC2CC2)CC1. The van der Waals surface area contributed by atoms with Crippen molar-refractivity contribution in [2.45, 2.75) is 31.7 Å². The number of hydrogen-bond donors (Lipinski definition) is 2. The van der Waals surface area contributed by atoms with E-state index in [0.29, 0.717) is 12.0 Å². The molecule has 0 atom stereocenters. The summed E-state index contributed by atoms with van der Waals surface area (Å²) in [5.74, 6) is 0.475. The van der Waals surface area contributed by atoms with E-state index in [1.165, 1.54) is 12.8 Å². The maximum Gasteiger partial charge on any atom is 0.220 e. The Morgan fingerprint density at radius 1 is 1.13 bits per heavy atom. The van der Waals surface area contributed by atoms with Crippen LogP contribution in [0.3, 0.4) is 0 Å². The Labute approximate surface area is 89.5 Å².